The molecule has 0 saturated heterocycles. The van der Waals surface area contributed by atoms with Crippen molar-refractivity contribution in [1.82, 2.24) is 9.97 Å². The highest BCUT2D eigenvalue weighted by Gasteiger charge is 2.16. The van der Waals surface area contributed by atoms with Gasteiger partial charge in [-0.2, -0.15) is 4.98 Å². The molecule has 4 nitrogen and oxygen atoms in total. The van der Waals surface area contributed by atoms with Gasteiger partial charge in [0.1, 0.15) is 5.02 Å². The predicted octanol–water partition coefficient (Wildman–Crippen LogP) is 3.14. The minimum Gasteiger partial charge on any atom is -0.467 e. The maximum atomic E-state index is 6.14. The second kappa shape index (κ2) is 7.01. The van der Waals surface area contributed by atoms with Gasteiger partial charge in [0.05, 0.1) is 13.3 Å². The first-order valence-corrected chi connectivity index (χ1v) is 6.99. The average Bonchev–Trinajstić information content (AvgIpc) is 2.31. The Labute approximate surface area is 115 Å². The smallest absolute Gasteiger partial charge is 0.318 e. The third-order valence-electron chi connectivity index (χ3n) is 2.31. The Kier molecular flexibility index (Phi) is 5.98. The first-order valence-electron chi connectivity index (χ1n) is 5.49. The van der Waals surface area contributed by atoms with Crippen LogP contribution in [-0.2, 0) is 0 Å². The molecule has 0 aromatic carbocycles. The van der Waals surface area contributed by atoms with Crippen molar-refractivity contribution in [2.24, 2.45) is 0 Å². The van der Waals surface area contributed by atoms with Crippen molar-refractivity contribution in [3.8, 4) is 6.01 Å². The fourth-order valence-corrected chi connectivity index (χ4v) is 1.93. The molecule has 0 aliphatic carbocycles. The van der Waals surface area contributed by atoms with Gasteiger partial charge in [-0.1, -0.05) is 27.5 Å². The minimum atomic E-state index is 0.325. The van der Waals surface area contributed by atoms with Crippen LogP contribution in [0.4, 0.5) is 5.82 Å². The molecule has 96 valence electrons. The van der Waals surface area contributed by atoms with E-state index in [9.17, 15) is 0 Å². The second-order valence-electron chi connectivity index (χ2n) is 3.86. The number of hydrogen-bond acceptors (Lipinski definition) is 4. The summed E-state index contributed by atoms with van der Waals surface area (Å²) < 4.78 is 5.03. The summed E-state index contributed by atoms with van der Waals surface area (Å²) in [5.41, 5.74) is 0. The van der Waals surface area contributed by atoms with Crippen LogP contribution in [0.2, 0.25) is 5.02 Å². The molecule has 1 aromatic heterocycles. The second-order valence-corrected chi connectivity index (χ2v) is 5.06. The van der Waals surface area contributed by atoms with E-state index in [1.807, 2.05) is 0 Å². The van der Waals surface area contributed by atoms with Crippen molar-refractivity contribution < 1.29 is 4.74 Å². The van der Waals surface area contributed by atoms with Crippen LogP contribution in [0.1, 0.15) is 20.3 Å². The van der Waals surface area contributed by atoms with E-state index in [-0.39, 0.29) is 0 Å². The molecule has 17 heavy (non-hydrogen) atoms. The lowest BCUT2D eigenvalue weighted by atomic mass is 10.3. The Morgan fingerprint density at radius 2 is 2.24 bits per heavy atom. The molecule has 0 saturated carbocycles. The lowest BCUT2D eigenvalue weighted by Gasteiger charge is -2.28. The highest BCUT2D eigenvalue weighted by molar-refractivity contribution is 9.09. The van der Waals surface area contributed by atoms with E-state index in [1.54, 1.807) is 13.3 Å². The van der Waals surface area contributed by atoms with Gasteiger partial charge in [-0.05, 0) is 20.3 Å². The van der Waals surface area contributed by atoms with Gasteiger partial charge < -0.3 is 9.64 Å². The van der Waals surface area contributed by atoms with Gasteiger partial charge in [-0.3, -0.25) is 0 Å². The monoisotopic (exact) mass is 321 g/mol. The fourth-order valence-electron chi connectivity index (χ4n) is 1.48. The van der Waals surface area contributed by atoms with E-state index in [1.165, 1.54) is 0 Å². The minimum absolute atomic E-state index is 0.325. The Bertz CT molecular complexity index is 363. The highest BCUT2D eigenvalue weighted by Crippen LogP contribution is 2.26. The average molecular weight is 323 g/mol. The van der Waals surface area contributed by atoms with E-state index < -0.39 is 0 Å². The lowest BCUT2D eigenvalue weighted by Crippen LogP contribution is -2.33. The van der Waals surface area contributed by atoms with Crippen LogP contribution in [0.15, 0.2) is 6.20 Å². The van der Waals surface area contributed by atoms with E-state index in [0.717, 1.165) is 24.1 Å². The van der Waals surface area contributed by atoms with Gasteiger partial charge in [0.15, 0.2) is 5.82 Å². The summed E-state index contributed by atoms with van der Waals surface area (Å²) in [4.78, 5) is 10.4. The molecule has 0 radical (unpaired) electrons. The van der Waals surface area contributed by atoms with Crippen molar-refractivity contribution in [3.05, 3.63) is 11.2 Å². The number of ether oxygens (including phenoxy) is 1. The molecule has 0 N–H and O–H groups in total. The Morgan fingerprint density at radius 3 is 2.76 bits per heavy atom. The molecule has 0 amide bonds. The van der Waals surface area contributed by atoms with Crippen LogP contribution in [0.25, 0.3) is 0 Å². The predicted molar refractivity (Wildman–Crippen MR) is 74.5 cm³/mol. The van der Waals surface area contributed by atoms with Crippen LogP contribution in [0.3, 0.4) is 0 Å². The summed E-state index contributed by atoms with van der Waals surface area (Å²) in [6.45, 7) is 5.11. The Morgan fingerprint density at radius 1 is 1.53 bits per heavy atom. The normalized spacial score (nSPS) is 10.7. The Balaban J connectivity index is 2.99. The number of aromatic nitrogens is 2. The zero-order valence-electron chi connectivity index (χ0n) is 10.3. The van der Waals surface area contributed by atoms with Crippen molar-refractivity contribution in [1.29, 1.82) is 0 Å². The third-order valence-corrected chi connectivity index (χ3v) is 3.14. The molecule has 1 aromatic rings. The first kappa shape index (κ1) is 14.5. The lowest BCUT2D eigenvalue weighted by molar-refractivity contribution is 0.379. The molecule has 0 aliphatic heterocycles. The van der Waals surface area contributed by atoms with Crippen LogP contribution in [0.5, 0.6) is 6.01 Å². The molecule has 0 atom stereocenters. The zero-order valence-corrected chi connectivity index (χ0v) is 12.6. The van der Waals surface area contributed by atoms with Gasteiger partial charge in [0.25, 0.3) is 0 Å². The number of nitrogens with zero attached hydrogens (tertiary/aromatic N) is 3. The van der Waals surface area contributed by atoms with Crippen LogP contribution in [-0.4, -0.2) is 35.0 Å². The standard InChI is InChI=1S/C11H17BrClN3O/c1-8(2)16(6-4-5-12)10-9(13)7-14-11(15-10)17-3/h7-8H,4-6H2,1-3H3. The first-order chi connectivity index (χ1) is 8.10. The topological polar surface area (TPSA) is 38.2 Å². The van der Waals surface area contributed by atoms with Crippen molar-refractivity contribution >= 4 is 33.3 Å². The van der Waals surface area contributed by atoms with Gasteiger partial charge in [-0.15, -0.1) is 0 Å². The summed E-state index contributed by atoms with van der Waals surface area (Å²) in [6, 6.07) is 0.667. The molecule has 1 rings (SSSR count). The van der Waals surface area contributed by atoms with Crippen LogP contribution in [0, 0.1) is 0 Å². The summed E-state index contributed by atoms with van der Waals surface area (Å²) in [7, 11) is 1.55. The number of rotatable bonds is 6. The fraction of sp³-hybridized carbons (Fsp3) is 0.636. The number of halogens is 2. The summed E-state index contributed by atoms with van der Waals surface area (Å²) in [6.07, 6.45) is 2.60. The van der Waals surface area contributed by atoms with Gasteiger partial charge in [0, 0.05) is 17.9 Å². The maximum Gasteiger partial charge on any atom is 0.318 e. The van der Waals surface area contributed by atoms with Crippen molar-refractivity contribution in [2.45, 2.75) is 26.3 Å². The van der Waals surface area contributed by atoms with Gasteiger partial charge >= 0.3 is 6.01 Å². The van der Waals surface area contributed by atoms with Crippen molar-refractivity contribution in [3.63, 3.8) is 0 Å². The van der Waals surface area contributed by atoms with Crippen LogP contribution < -0.4 is 9.64 Å². The quantitative estimate of drug-likeness (QED) is 0.754. The zero-order chi connectivity index (χ0) is 12.8. The van der Waals surface area contributed by atoms with Crippen LogP contribution >= 0.6 is 27.5 Å². The molecular formula is C11H17BrClN3O. The SMILES string of the molecule is COc1ncc(Cl)c(N(CCCBr)C(C)C)n1. The molecule has 1 heterocycles. The van der Waals surface area contributed by atoms with Gasteiger partial charge in [-0.25, -0.2) is 4.98 Å². The third kappa shape index (κ3) is 4.00. The number of alkyl halides is 1. The van der Waals surface area contributed by atoms with Gasteiger partial charge in [0.2, 0.25) is 0 Å². The van der Waals surface area contributed by atoms with Crippen molar-refractivity contribution in [2.75, 3.05) is 23.9 Å². The molecule has 0 bridgehead atoms. The number of anilines is 1. The maximum absolute atomic E-state index is 6.14. The van der Waals surface area contributed by atoms with E-state index in [4.69, 9.17) is 16.3 Å². The summed E-state index contributed by atoms with van der Waals surface area (Å²) in [5, 5.41) is 1.50. The highest BCUT2D eigenvalue weighted by atomic mass is 79.9. The summed E-state index contributed by atoms with van der Waals surface area (Å²) in [5.74, 6) is 0.731. The number of methoxy groups -OCH3 is 1. The molecule has 0 spiro atoms. The molecule has 0 fully saturated rings. The molecule has 0 aliphatic rings. The molecule has 0 unspecified atom stereocenters. The largest absolute Gasteiger partial charge is 0.467 e. The molecule has 6 heteroatoms. The number of hydrogen-bond donors (Lipinski definition) is 0. The summed E-state index contributed by atoms with van der Waals surface area (Å²) >= 11 is 9.57. The molecular weight excluding hydrogens is 305 g/mol. The van der Waals surface area contributed by atoms with E-state index in [0.29, 0.717) is 17.1 Å². The van der Waals surface area contributed by atoms with E-state index >= 15 is 0 Å². The van der Waals surface area contributed by atoms with E-state index in [2.05, 4.69) is 44.6 Å². The Hall–Kier alpha value is -0.550.